The first-order valence-electron chi connectivity index (χ1n) is 7.55. The highest BCUT2D eigenvalue weighted by Gasteiger charge is 2.20. The van der Waals surface area contributed by atoms with Crippen molar-refractivity contribution in [3.05, 3.63) is 23.7 Å². The van der Waals surface area contributed by atoms with E-state index in [9.17, 15) is 0 Å². The van der Waals surface area contributed by atoms with Crippen molar-refractivity contribution >= 4 is 0 Å². The highest BCUT2D eigenvalue weighted by molar-refractivity contribution is 5.16. The largest absolute Gasteiger partial charge is 0.467 e. The summed E-state index contributed by atoms with van der Waals surface area (Å²) in [6.07, 6.45) is 7.22. The maximum atomic E-state index is 6.02. The van der Waals surface area contributed by atoms with Crippen LogP contribution in [0.5, 0.6) is 0 Å². The minimum Gasteiger partial charge on any atom is -0.467 e. The van der Waals surface area contributed by atoms with Crippen molar-refractivity contribution in [1.29, 1.82) is 0 Å². The summed E-state index contributed by atoms with van der Waals surface area (Å²) in [5.41, 5.74) is 1.22. The van der Waals surface area contributed by atoms with Crippen molar-refractivity contribution in [3.8, 4) is 0 Å². The molecule has 1 fully saturated rings. The van der Waals surface area contributed by atoms with Crippen LogP contribution in [0.1, 0.15) is 57.8 Å². The predicted molar refractivity (Wildman–Crippen MR) is 76.9 cm³/mol. The van der Waals surface area contributed by atoms with E-state index in [4.69, 9.17) is 9.15 Å². The first-order chi connectivity index (χ1) is 9.15. The summed E-state index contributed by atoms with van der Waals surface area (Å²) in [5.74, 6) is 1.78. The first-order valence-corrected chi connectivity index (χ1v) is 7.55. The van der Waals surface area contributed by atoms with Gasteiger partial charge in [-0.3, -0.25) is 0 Å². The van der Waals surface area contributed by atoms with Gasteiger partial charge in [0.15, 0.2) is 0 Å². The zero-order chi connectivity index (χ0) is 13.7. The lowest BCUT2D eigenvalue weighted by Crippen LogP contribution is -2.23. The van der Waals surface area contributed by atoms with Crippen LogP contribution in [0.2, 0.25) is 0 Å². The van der Waals surface area contributed by atoms with Gasteiger partial charge in [0, 0.05) is 18.2 Å². The molecule has 0 amide bonds. The molecule has 19 heavy (non-hydrogen) atoms. The van der Waals surface area contributed by atoms with Gasteiger partial charge in [0.05, 0.1) is 12.4 Å². The Labute approximate surface area is 116 Å². The number of furan rings is 1. The molecule has 2 unspecified atom stereocenters. The Morgan fingerprint density at radius 1 is 1.42 bits per heavy atom. The van der Waals surface area contributed by atoms with Gasteiger partial charge in [-0.1, -0.05) is 33.6 Å². The van der Waals surface area contributed by atoms with Crippen LogP contribution in [-0.4, -0.2) is 12.1 Å². The Morgan fingerprint density at radius 3 is 3.00 bits per heavy atom. The van der Waals surface area contributed by atoms with Gasteiger partial charge in [-0.2, -0.15) is 0 Å². The summed E-state index contributed by atoms with van der Waals surface area (Å²) < 4.78 is 11.6. The molecule has 3 nitrogen and oxygen atoms in total. The molecule has 0 saturated heterocycles. The molecule has 1 aliphatic rings. The molecule has 108 valence electrons. The third kappa shape index (κ3) is 4.66. The summed E-state index contributed by atoms with van der Waals surface area (Å²) in [4.78, 5) is 0. The van der Waals surface area contributed by atoms with E-state index in [1.807, 2.05) is 6.07 Å². The summed E-state index contributed by atoms with van der Waals surface area (Å²) in [5, 5.41) is 3.42. The zero-order valence-electron chi connectivity index (χ0n) is 12.4. The lowest BCUT2D eigenvalue weighted by Gasteiger charge is -2.26. The van der Waals surface area contributed by atoms with Crippen LogP contribution in [0.15, 0.2) is 16.7 Å². The fourth-order valence-electron chi connectivity index (χ4n) is 2.69. The normalized spacial score (nSPS) is 24.0. The lowest BCUT2D eigenvalue weighted by atomic mass is 9.89. The van der Waals surface area contributed by atoms with Crippen molar-refractivity contribution in [3.63, 3.8) is 0 Å². The predicted octanol–water partition coefficient (Wildman–Crippen LogP) is 3.87. The van der Waals surface area contributed by atoms with Crippen LogP contribution in [-0.2, 0) is 17.9 Å². The van der Waals surface area contributed by atoms with Gasteiger partial charge in [-0.25, -0.2) is 0 Å². The second-order valence-corrected chi connectivity index (χ2v) is 6.11. The summed E-state index contributed by atoms with van der Waals surface area (Å²) in [6, 6.07) is 2.53. The van der Waals surface area contributed by atoms with Gasteiger partial charge in [0.1, 0.15) is 12.4 Å². The van der Waals surface area contributed by atoms with Crippen molar-refractivity contribution in [2.45, 2.75) is 71.8 Å². The second kappa shape index (κ2) is 7.11. The molecule has 0 bridgehead atoms. The molecule has 1 heterocycles. The molecule has 1 saturated carbocycles. The van der Waals surface area contributed by atoms with Gasteiger partial charge >= 0.3 is 0 Å². The van der Waals surface area contributed by atoms with Crippen LogP contribution in [0.4, 0.5) is 0 Å². The lowest BCUT2D eigenvalue weighted by molar-refractivity contribution is -0.00306. The molecule has 1 aromatic rings. The van der Waals surface area contributed by atoms with E-state index in [0.717, 1.165) is 18.2 Å². The standard InChI is InChI=1S/C16H27NO2/c1-12(2)17-10-14-7-8-18-16(14)11-19-15-6-4-5-13(3)9-15/h7-8,12-13,15,17H,4-6,9-11H2,1-3H3. The van der Waals surface area contributed by atoms with Gasteiger partial charge in [0.2, 0.25) is 0 Å². The Balaban J connectivity index is 1.80. The molecule has 1 aliphatic carbocycles. The number of ether oxygens (including phenoxy) is 1. The van der Waals surface area contributed by atoms with E-state index in [0.29, 0.717) is 18.8 Å². The molecule has 2 atom stereocenters. The van der Waals surface area contributed by atoms with E-state index in [-0.39, 0.29) is 0 Å². The number of hydrogen-bond acceptors (Lipinski definition) is 3. The van der Waals surface area contributed by atoms with Crippen molar-refractivity contribution in [1.82, 2.24) is 5.32 Å². The average Bonchev–Trinajstić information content (AvgIpc) is 2.81. The zero-order valence-corrected chi connectivity index (χ0v) is 12.4. The molecule has 3 heteroatoms. The van der Waals surface area contributed by atoms with Crippen LogP contribution in [0.3, 0.4) is 0 Å². The van der Waals surface area contributed by atoms with Gasteiger partial charge < -0.3 is 14.5 Å². The molecule has 0 aliphatic heterocycles. The van der Waals surface area contributed by atoms with Crippen molar-refractivity contribution in [2.75, 3.05) is 0 Å². The number of hydrogen-bond donors (Lipinski definition) is 1. The monoisotopic (exact) mass is 265 g/mol. The van der Waals surface area contributed by atoms with Crippen molar-refractivity contribution < 1.29 is 9.15 Å². The molecule has 1 aromatic heterocycles. The fraction of sp³-hybridized carbons (Fsp3) is 0.750. The Hall–Kier alpha value is -0.800. The Morgan fingerprint density at radius 2 is 2.26 bits per heavy atom. The third-order valence-corrected chi connectivity index (χ3v) is 3.88. The van der Waals surface area contributed by atoms with Gasteiger partial charge in [0.25, 0.3) is 0 Å². The molecule has 1 N–H and O–H groups in total. The van der Waals surface area contributed by atoms with Gasteiger partial charge in [-0.05, 0) is 24.8 Å². The molecule has 0 radical (unpaired) electrons. The molecule has 0 spiro atoms. The maximum Gasteiger partial charge on any atom is 0.133 e. The number of rotatable bonds is 6. The average molecular weight is 265 g/mol. The minimum absolute atomic E-state index is 0.416. The fourth-order valence-corrected chi connectivity index (χ4v) is 2.69. The smallest absolute Gasteiger partial charge is 0.133 e. The summed E-state index contributed by atoms with van der Waals surface area (Å²) in [7, 11) is 0. The third-order valence-electron chi connectivity index (χ3n) is 3.88. The van der Waals surface area contributed by atoms with Crippen molar-refractivity contribution in [2.24, 2.45) is 5.92 Å². The quantitative estimate of drug-likeness (QED) is 0.847. The molecular formula is C16H27NO2. The van der Waals surface area contributed by atoms with E-state index in [1.165, 1.54) is 31.2 Å². The van der Waals surface area contributed by atoms with E-state index in [1.54, 1.807) is 6.26 Å². The summed E-state index contributed by atoms with van der Waals surface area (Å²) in [6.45, 7) is 8.09. The highest BCUT2D eigenvalue weighted by Crippen LogP contribution is 2.26. The molecule has 0 aromatic carbocycles. The Bertz CT molecular complexity index is 373. The first kappa shape index (κ1) is 14.6. The molecular weight excluding hydrogens is 238 g/mol. The van der Waals surface area contributed by atoms with E-state index >= 15 is 0 Å². The van der Waals surface area contributed by atoms with Crippen LogP contribution in [0, 0.1) is 5.92 Å². The topological polar surface area (TPSA) is 34.4 Å². The summed E-state index contributed by atoms with van der Waals surface area (Å²) >= 11 is 0. The SMILES string of the molecule is CC1CCCC(OCc2occc2CNC(C)C)C1. The van der Waals surface area contributed by atoms with E-state index < -0.39 is 0 Å². The molecule has 2 rings (SSSR count). The minimum atomic E-state index is 0.416. The van der Waals surface area contributed by atoms with Gasteiger partial charge in [-0.15, -0.1) is 0 Å². The van der Waals surface area contributed by atoms with Crippen LogP contribution >= 0.6 is 0 Å². The highest BCUT2D eigenvalue weighted by atomic mass is 16.5. The second-order valence-electron chi connectivity index (χ2n) is 6.11. The number of nitrogens with one attached hydrogen (secondary N) is 1. The van der Waals surface area contributed by atoms with Crippen LogP contribution < -0.4 is 5.32 Å². The maximum absolute atomic E-state index is 6.02. The van der Waals surface area contributed by atoms with E-state index in [2.05, 4.69) is 26.1 Å². The van der Waals surface area contributed by atoms with Crippen LogP contribution in [0.25, 0.3) is 0 Å². The Kier molecular flexibility index (Phi) is 5.46.